The van der Waals surface area contributed by atoms with Crippen LogP contribution < -0.4 is 0 Å². The van der Waals surface area contributed by atoms with Crippen molar-refractivity contribution < 1.29 is 4.42 Å². The van der Waals surface area contributed by atoms with E-state index in [2.05, 4.69) is 37.8 Å². The van der Waals surface area contributed by atoms with Crippen molar-refractivity contribution in [3.63, 3.8) is 0 Å². The molecule has 3 aromatic heterocycles. The Hall–Kier alpha value is -2.14. The SMILES string of the molecule is Cc1cc2ncc3c(n2n1)C[C@H]1CC[C@@H]3N1Cc1ccoc1. The van der Waals surface area contributed by atoms with Gasteiger partial charge in [0.15, 0.2) is 5.65 Å². The summed E-state index contributed by atoms with van der Waals surface area (Å²) in [6, 6.07) is 5.18. The first kappa shape index (κ1) is 12.4. The molecule has 5 nitrogen and oxygen atoms in total. The first-order valence-electron chi connectivity index (χ1n) is 7.90. The molecular weight excluding hydrogens is 276 g/mol. The zero-order chi connectivity index (χ0) is 14.7. The Morgan fingerprint density at radius 3 is 3.18 bits per heavy atom. The zero-order valence-corrected chi connectivity index (χ0v) is 12.6. The fraction of sp³-hybridized carbons (Fsp3) is 0.412. The molecule has 0 saturated carbocycles. The smallest absolute Gasteiger partial charge is 0.155 e. The molecule has 0 unspecified atom stereocenters. The molecule has 2 atom stereocenters. The highest BCUT2D eigenvalue weighted by atomic mass is 16.3. The third kappa shape index (κ3) is 1.69. The summed E-state index contributed by atoms with van der Waals surface area (Å²) in [5.74, 6) is 0. The number of hydrogen-bond donors (Lipinski definition) is 0. The van der Waals surface area contributed by atoms with Crippen LogP contribution in [0.15, 0.2) is 35.3 Å². The van der Waals surface area contributed by atoms with Gasteiger partial charge in [0, 0.05) is 48.4 Å². The van der Waals surface area contributed by atoms with Gasteiger partial charge in [-0.3, -0.25) is 4.90 Å². The highest BCUT2D eigenvalue weighted by molar-refractivity contribution is 5.44. The van der Waals surface area contributed by atoms with Crippen molar-refractivity contribution in [1.82, 2.24) is 19.5 Å². The van der Waals surface area contributed by atoms with Gasteiger partial charge in [-0.05, 0) is 25.8 Å². The van der Waals surface area contributed by atoms with Crippen molar-refractivity contribution in [2.45, 2.75) is 44.8 Å². The van der Waals surface area contributed by atoms with E-state index in [4.69, 9.17) is 4.42 Å². The normalized spacial score (nSPS) is 24.0. The van der Waals surface area contributed by atoms with E-state index in [9.17, 15) is 0 Å². The van der Waals surface area contributed by atoms with Gasteiger partial charge in [0.05, 0.1) is 23.9 Å². The lowest BCUT2D eigenvalue weighted by Crippen LogP contribution is -2.38. The third-order valence-corrected chi connectivity index (χ3v) is 5.11. The second-order valence-corrected chi connectivity index (χ2v) is 6.47. The molecule has 2 aliphatic rings. The van der Waals surface area contributed by atoms with E-state index in [1.54, 1.807) is 6.26 Å². The van der Waals surface area contributed by atoms with Crippen molar-refractivity contribution in [2.24, 2.45) is 0 Å². The van der Waals surface area contributed by atoms with Gasteiger partial charge in [-0.15, -0.1) is 0 Å². The number of fused-ring (bicyclic) bond motifs is 6. The summed E-state index contributed by atoms with van der Waals surface area (Å²) in [5.41, 5.74) is 5.97. The monoisotopic (exact) mass is 294 g/mol. The molecule has 112 valence electrons. The van der Waals surface area contributed by atoms with Gasteiger partial charge in [0.2, 0.25) is 0 Å². The van der Waals surface area contributed by atoms with Gasteiger partial charge in [0.25, 0.3) is 0 Å². The van der Waals surface area contributed by atoms with Crippen LogP contribution in [0.4, 0.5) is 0 Å². The molecule has 1 saturated heterocycles. The Balaban J connectivity index is 1.59. The number of hydrogen-bond acceptors (Lipinski definition) is 4. The molecule has 0 aliphatic carbocycles. The van der Waals surface area contributed by atoms with E-state index >= 15 is 0 Å². The van der Waals surface area contributed by atoms with Crippen LogP contribution in [0.5, 0.6) is 0 Å². The van der Waals surface area contributed by atoms with Crippen molar-refractivity contribution in [2.75, 3.05) is 0 Å². The van der Waals surface area contributed by atoms with E-state index in [0.29, 0.717) is 12.1 Å². The van der Waals surface area contributed by atoms with Gasteiger partial charge < -0.3 is 4.42 Å². The predicted molar refractivity (Wildman–Crippen MR) is 81.4 cm³/mol. The van der Waals surface area contributed by atoms with E-state index in [0.717, 1.165) is 24.3 Å². The lowest BCUT2D eigenvalue weighted by atomic mass is 9.98. The Morgan fingerprint density at radius 2 is 2.32 bits per heavy atom. The molecule has 5 heteroatoms. The van der Waals surface area contributed by atoms with Crippen LogP contribution in [0.1, 0.15) is 41.4 Å². The second kappa shape index (κ2) is 4.43. The van der Waals surface area contributed by atoms with Crippen LogP contribution in [0.2, 0.25) is 0 Å². The van der Waals surface area contributed by atoms with Crippen LogP contribution in [0.3, 0.4) is 0 Å². The average Bonchev–Trinajstić information content (AvgIpc) is 3.19. The van der Waals surface area contributed by atoms with Crippen molar-refractivity contribution in [3.8, 4) is 0 Å². The molecule has 5 heterocycles. The summed E-state index contributed by atoms with van der Waals surface area (Å²) in [6.07, 6.45) is 9.20. The molecule has 0 aromatic carbocycles. The minimum atomic E-state index is 0.463. The Labute approximate surface area is 128 Å². The van der Waals surface area contributed by atoms with E-state index in [1.165, 1.54) is 29.7 Å². The lowest BCUT2D eigenvalue weighted by Gasteiger charge is -2.35. The molecule has 0 amide bonds. The van der Waals surface area contributed by atoms with Crippen molar-refractivity contribution in [3.05, 3.63) is 53.4 Å². The molecule has 2 aliphatic heterocycles. The first-order valence-corrected chi connectivity index (χ1v) is 7.90. The Bertz CT molecular complexity index is 836. The molecule has 0 spiro atoms. The molecule has 5 rings (SSSR count). The molecule has 0 N–H and O–H groups in total. The maximum Gasteiger partial charge on any atom is 0.155 e. The summed E-state index contributed by atoms with van der Waals surface area (Å²) in [5, 5.41) is 4.64. The molecule has 22 heavy (non-hydrogen) atoms. The summed E-state index contributed by atoms with van der Waals surface area (Å²) in [7, 11) is 0. The van der Waals surface area contributed by atoms with Crippen LogP contribution in [0, 0.1) is 6.92 Å². The number of aryl methyl sites for hydroxylation is 1. The molecule has 3 aromatic rings. The highest BCUT2D eigenvalue weighted by Crippen LogP contribution is 2.44. The van der Waals surface area contributed by atoms with E-state index in [-0.39, 0.29) is 0 Å². The molecule has 0 radical (unpaired) electrons. The van der Waals surface area contributed by atoms with Gasteiger partial charge in [0.1, 0.15) is 0 Å². The Morgan fingerprint density at radius 1 is 1.36 bits per heavy atom. The summed E-state index contributed by atoms with van der Waals surface area (Å²) < 4.78 is 7.28. The predicted octanol–water partition coefficient (Wildman–Crippen LogP) is 2.89. The number of furan rings is 1. The zero-order valence-electron chi connectivity index (χ0n) is 12.6. The highest BCUT2D eigenvalue weighted by Gasteiger charge is 2.41. The van der Waals surface area contributed by atoms with Gasteiger partial charge >= 0.3 is 0 Å². The summed E-state index contributed by atoms with van der Waals surface area (Å²) in [6.45, 7) is 2.99. The van der Waals surface area contributed by atoms with Crippen LogP contribution >= 0.6 is 0 Å². The second-order valence-electron chi connectivity index (χ2n) is 6.47. The van der Waals surface area contributed by atoms with E-state index in [1.807, 2.05) is 13.2 Å². The van der Waals surface area contributed by atoms with Crippen LogP contribution in [-0.4, -0.2) is 25.5 Å². The summed E-state index contributed by atoms with van der Waals surface area (Å²) >= 11 is 0. The largest absolute Gasteiger partial charge is 0.472 e. The van der Waals surface area contributed by atoms with E-state index < -0.39 is 0 Å². The molecule has 2 bridgehead atoms. The Kier molecular flexibility index (Phi) is 2.50. The van der Waals surface area contributed by atoms with Crippen molar-refractivity contribution >= 4 is 5.65 Å². The summed E-state index contributed by atoms with van der Waals surface area (Å²) in [4.78, 5) is 7.23. The van der Waals surface area contributed by atoms with Crippen LogP contribution in [0.25, 0.3) is 5.65 Å². The first-order chi connectivity index (χ1) is 10.8. The molecular formula is C17H18N4O. The molecule has 1 fully saturated rings. The van der Waals surface area contributed by atoms with Gasteiger partial charge in [-0.2, -0.15) is 5.10 Å². The number of nitrogens with zero attached hydrogens (tertiary/aromatic N) is 4. The quantitative estimate of drug-likeness (QED) is 0.729. The van der Waals surface area contributed by atoms with Gasteiger partial charge in [-0.1, -0.05) is 0 Å². The number of aromatic nitrogens is 3. The minimum Gasteiger partial charge on any atom is -0.472 e. The minimum absolute atomic E-state index is 0.463. The lowest BCUT2D eigenvalue weighted by molar-refractivity contribution is 0.164. The maximum atomic E-state index is 5.22. The maximum absolute atomic E-state index is 5.22. The van der Waals surface area contributed by atoms with Crippen molar-refractivity contribution in [1.29, 1.82) is 0 Å². The van der Waals surface area contributed by atoms with Gasteiger partial charge in [-0.25, -0.2) is 9.50 Å². The van der Waals surface area contributed by atoms with Crippen LogP contribution in [-0.2, 0) is 13.0 Å². The standard InChI is InChI=1S/C17H18N4O/c1-11-6-17-18-8-14-15-3-2-13(7-16(14)21(17)19-11)20(15)9-12-4-5-22-10-12/h4-6,8,10,13,15H,2-3,7,9H2,1H3/t13-,15+/m1/s1. The third-order valence-electron chi connectivity index (χ3n) is 5.11. The number of rotatable bonds is 2. The average molecular weight is 294 g/mol. The topological polar surface area (TPSA) is 46.6 Å². The fourth-order valence-electron chi connectivity index (χ4n) is 4.14. The fourth-order valence-corrected chi connectivity index (χ4v) is 4.14.